The third-order valence-electron chi connectivity index (χ3n) is 3.02. The van der Waals surface area contributed by atoms with Crippen molar-refractivity contribution in [2.24, 2.45) is 0 Å². The van der Waals surface area contributed by atoms with Gasteiger partial charge in [-0.3, -0.25) is 10.1 Å². The van der Waals surface area contributed by atoms with Crippen LogP contribution in [0.1, 0.15) is 0 Å². The van der Waals surface area contributed by atoms with Crippen molar-refractivity contribution < 1.29 is 9.66 Å². The first kappa shape index (κ1) is 15.8. The van der Waals surface area contributed by atoms with Gasteiger partial charge >= 0.3 is 0 Å². The van der Waals surface area contributed by atoms with Crippen LogP contribution in [0.5, 0.6) is 5.75 Å². The Balaban J connectivity index is 2.18. The summed E-state index contributed by atoms with van der Waals surface area (Å²) in [5.74, 6) is 0.603. The van der Waals surface area contributed by atoms with Gasteiger partial charge in [-0.15, -0.1) is 0 Å². The van der Waals surface area contributed by atoms with E-state index in [0.29, 0.717) is 18.0 Å². The number of nitro groups is 1. The summed E-state index contributed by atoms with van der Waals surface area (Å²) in [6.45, 7) is 1.30. The maximum Gasteiger partial charge on any atom is 0.292 e. The summed E-state index contributed by atoms with van der Waals surface area (Å²) in [6, 6.07) is 14.0. The molecule has 0 aliphatic carbocycles. The van der Waals surface area contributed by atoms with Crippen LogP contribution >= 0.6 is 0 Å². The van der Waals surface area contributed by atoms with Crippen molar-refractivity contribution in [3.05, 3.63) is 58.6 Å². The second-order valence-corrected chi connectivity index (χ2v) is 5.08. The molecule has 0 atom stereocenters. The standard InChI is InChI=1S/C16H19N3O3/c1-18(2)10-11-22-14-8-9-16(19(20)21)15(12-14)17-13-6-4-3-5-7-13/h3-9,12,17H,10-11H2,1-2H3. The van der Waals surface area contributed by atoms with Crippen LogP contribution in [0.2, 0.25) is 0 Å². The van der Waals surface area contributed by atoms with Gasteiger partial charge in [0.2, 0.25) is 0 Å². The van der Waals surface area contributed by atoms with E-state index < -0.39 is 4.92 Å². The first-order chi connectivity index (χ1) is 10.6. The van der Waals surface area contributed by atoms with Crippen LogP contribution in [0.25, 0.3) is 0 Å². The maximum atomic E-state index is 11.1. The number of para-hydroxylation sites is 1. The molecule has 0 fully saturated rings. The molecule has 0 amide bonds. The Morgan fingerprint density at radius 1 is 1.18 bits per heavy atom. The van der Waals surface area contributed by atoms with Gasteiger partial charge in [0.15, 0.2) is 0 Å². The monoisotopic (exact) mass is 301 g/mol. The van der Waals surface area contributed by atoms with Gasteiger partial charge in [-0.25, -0.2) is 0 Å². The number of hydrogen-bond donors (Lipinski definition) is 1. The number of nitrogens with zero attached hydrogens (tertiary/aromatic N) is 2. The molecule has 2 rings (SSSR count). The van der Waals surface area contributed by atoms with Crippen molar-refractivity contribution >= 4 is 17.1 Å². The van der Waals surface area contributed by atoms with E-state index in [0.717, 1.165) is 12.2 Å². The van der Waals surface area contributed by atoms with Crippen LogP contribution in [-0.2, 0) is 0 Å². The summed E-state index contributed by atoms with van der Waals surface area (Å²) in [7, 11) is 3.92. The quantitative estimate of drug-likeness (QED) is 0.628. The van der Waals surface area contributed by atoms with Crippen LogP contribution in [0, 0.1) is 10.1 Å². The molecule has 6 nitrogen and oxygen atoms in total. The lowest BCUT2D eigenvalue weighted by atomic mass is 10.2. The van der Waals surface area contributed by atoms with Gasteiger partial charge < -0.3 is 15.0 Å². The highest BCUT2D eigenvalue weighted by Gasteiger charge is 2.15. The Hall–Kier alpha value is -2.60. The van der Waals surface area contributed by atoms with Crippen molar-refractivity contribution in [2.75, 3.05) is 32.6 Å². The molecule has 0 bridgehead atoms. The fraction of sp³-hybridized carbons (Fsp3) is 0.250. The van der Waals surface area contributed by atoms with Crippen LogP contribution in [0.15, 0.2) is 48.5 Å². The lowest BCUT2D eigenvalue weighted by molar-refractivity contribution is -0.383. The largest absolute Gasteiger partial charge is 0.492 e. The van der Waals surface area contributed by atoms with Gasteiger partial charge in [-0.2, -0.15) is 0 Å². The normalized spacial score (nSPS) is 10.5. The number of likely N-dealkylation sites (N-methyl/N-ethyl adjacent to an activating group) is 1. The fourth-order valence-electron chi connectivity index (χ4n) is 1.89. The lowest BCUT2D eigenvalue weighted by Gasteiger charge is -2.12. The number of benzene rings is 2. The number of nitrogens with one attached hydrogen (secondary N) is 1. The number of ether oxygens (including phenoxy) is 1. The molecular weight excluding hydrogens is 282 g/mol. The smallest absolute Gasteiger partial charge is 0.292 e. The number of anilines is 2. The van der Waals surface area contributed by atoms with Crippen LogP contribution in [0.4, 0.5) is 17.1 Å². The van der Waals surface area contributed by atoms with Crippen LogP contribution < -0.4 is 10.1 Å². The van der Waals surface area contributed by atoms with Gasteiger partial charge in [-0.05, 0) is 32.3 Å². The summed E-state index contributed by atoms with van der Waals surface area (Å²) in [5.41, 5.74) is 1.22. The van der Waals surface area contributed by atoms with Crippen molar-refractivity contribution in [3.8, 4) is 5.75 Å². The van der Waals surface area contributed by atoms with Gasteiger partial charge in [0.25, 0.3) is 5.69 Å². The molecule has 0 saturated heterocycles. The molecule has 116 valence electrons. The van der Waals surface area contributed by atoms with E-state index in [9.17, 15) is 10.1 Å². The zero-order valence-corrected chi connectivity index (χ0v) is 12.7. The van der Waals surface area contributed by atoms with E-state index in [-0.39, 0.29) is 5.69 Å². The minimum Gasteiger partial charge on any atom is -0.492 e. The minimum atomic E-state index is -0.408. The average Bonchev–Trinajstić information content (AvgIpc) is 2.48. The zero-order chi connectivity index (χ0) is 15.9. The molecule has 0 aliphatic heterocycles. The van der Waals surface area contributed by atoms with E-state index in [1.54, 1.807) is 12.1 Å². The van der Waals surface area contributed by atoms with E-state index in [1.165, 1.54) is 6.07 Å². The average molecular weight is 301 g/mol. The summed E-state index contributed by atoms with van der Waals surface area (Å²) < 4.78 is 5.63. The Kier molecular flexibility index (Phi) is 5.32. The van der Waals surface area contributed by atoms with Crippen LogP contribution in [-0.4, -0.2) is 37.1 Å². The third kappa shape index (κ3) is 4.46. The van der Waals surface area contributed by atoms with E-state index in [2.05, 4.69) is 5.32 Å². The van der Waals surface area contributed by atoms with E-state index in [4.69, 9.17) is 4.74 Å². The SMILES string of the molecule is CN(C)CCOc1ccc([N+](=O)[O-])c(Nc2ccccc2)c1. The van der Waals surface area contributed by atoms with Crippen molar-refractivity contribution in [2.45, 2.75) is 0 Å². The van der Waals surface area contributed by atoms with Gasteiger partial charge in [0.1, 0.15) is 18.0 Å². The fourth-order valence-corrected chi connectivity index (χ4v) is 1.89. The predicted molar refractivity (Wildman–Crippen MR) is 86.9 cm³/mol. The molecule has 0 saturated carbocycles. The Morgan fingerprint density at radius 3 is 2.55 bits per heavy atom. The molecule has 0 radical (unpaired) electrons. The second-order valence-electron chi connectivity index (χ2n) is 5.08. The summed E-state index contributed by atoms with van der Waals surface area (Å²) in [4.78, 5) is 12.7. The van der Waals surface area contributed by atoms with Gasteiger partial charge in [0.05, 0.1) is 4.92 Å². The van der Waals surface area contributed by atoms with Crippen molar-refractivity contribution in [1.82, 2.24) is 4.90 Å². The lowest BCUT2D eigenvalue weighted by Crippen LogP contribution is -2.19. The first-order valence-corrected chi connectivity index (χ1v) is 6.94. The molecule has 0 unspecified atom stereocenters. The maximum absolute atomic E-state index is 11.1. The van der Waals surface area contributed by atoms with Crippen molar-refractivity contribution in [3.63, 3.8) is 0 Å². The molecule has 2 aromatic rings. The molecule has 0 aromatic heterocycles. The van der Waals surface area contributed by atoms with E-state index >= 15 is 0 Å². The molecule has 0 heterocycles. The molecule has 0 spiro atoms. The van der Waals surface area contributed by atoms with Crippen molar-refractivity contribution in [1.29, 1.82) is 0 Å². The molecule has 0 aliphatic rings. The molecule has 1 N–H and O–H groups in total. The molecule has 6 heteroatoms. The molecular formula is C16H19N3O3. The van der Waals surface area contributed by atoms with Gasteiger partial charge in [-0.1, -0.05) is 18.2 Å². The topological polar surface area (TPSA) is 67.6 Å². The Labute approximate surface area is 129 Å². The highest BCUT2D eigenvalue weighted by molar-refractivity contribution is 5.71. The first-order valence-electron chi connectivity index (χ1n) is 6.94. The number of rotatable bonds is 7. The summed E-state index contributed by atoms with van der Waals surface area (Å²) >= 11 is 0. The van der Waals surface area contributed by atoms with Gasteiger partial charge in [0, 0.05) is 24.4 Å². The highest BCUT2D eigenvalue weighted by Crippen LogP contribution is 2.31. The molecule has 2 aromatic carbocycles. The number of nitro benzene ring substituents is 1. The van der Waals surface area contributed by atoms with E-state index in [1.807, 2.05) is 49.3 Å². The van der Waals surface area contributed by atoms with Crippen LogP contribution in [0.3, 0.4) is 0 Å². The Bertz CT molecular complexity index is 630. The number of hydrogen-bond acceptors (Lipinski definition) is 5. The zero-order valence-electron chi connectivity index (χ0n) is 12.7. The molecule has 22 heavy (non-hydrogen) atoms. The Morgan fingerprint density at radius 2 is 1.91 bits per heavy atom. The summed E-state index contributed by atoms with van der Waals surface area (Å²) in [5, 5.41) is 14.2. The predicted octanol–water partition coefficient (Wildman–Crippen LogP) is 3.28. The highest BCUT2D eigenvalue weighted by atomic mass is 16.6. The summed E-state index contributed by atoms with van der Waals surface area (Å²) in [6.07, 6.45) is 0. The second kappa shape index (κ2) is 7.42. The third-order valence-corrected chi connectivity index (χ3v) is 3.02. The minimum absolute atomic E-state index is 0.0174.